The number of rotatable bonds is 7. The van der Waals surface area contributed by atoms with Gasteiger partial charge in [-0.3, -0.25) is 19.2 Å². The number of hydrogen-bond donors (Lipinski definition) is 1. The molecule has 2 aromatic carbocycles. The van der Waals surface area contributed by atoms with Crippen molar-refractivity contribution in [1.29, 1.82) is 0 Å². The molecule has 204 valence electrons. The summed E-state index contributed by atoms with van der Waals surface area (Å²) in [5.74, 6) is -0.151. The average Bonchev–Trinajstić information content (AvgIpc) is 3.59. The van der Waals surface area contributed by atoms with Gasteiger partial charge >= 0.3 is 0 Å². The number of carbonyl (C=O) groups is 2. The quantitative estimate of drug-likeness (QED) is 0.493. The number of carbonyl (C=O) groups excluding carboxylic acids is 2. The van der Waals surface area contributed by atoms with Crippen molar-refractivity contribution in [3.8, 4) is 0 Å². The lowest BCUT2D eigenvalue weighted by Gasteiger charge is -2.37. The predicted molar refractivity (Wildman–Crippen MR) is 157 cm³/mol. The maximum atomic E-state index is 13.0. The highest BCUT2D eigenvalue weighted by Gasteiger charge is 2.25. The van der Waals surface area contributed by atoms with E-state index in [1.807, 2.05) is 36.4 Å². The van der Waals surface area contributed by atoms with Gasteiger partial charge in [-0.05, 0) is 54.3 Å². The van der Waals surface area contributed by atoms with Crippen LogP contribution in [0.5, 0.6) is 0 Å². The minimum Gasteiger partial charge on any atom is -0.322 e. The van der Waals surface area contributed by atoms with Crippen LogP contribution in [0.4, 0.5) is 0 Å². The Morgan fingerprint density at radius 2 is 1.90 bits per heavy atom. The van der Waals surface area contributed by atoms with E-state index in [2.05, 4.69) is 58.5 Å². The van der Waals surface area contributed by atoms with Crippen LogP contribution in [0.15, 0.2) is 89.9 Å². The maximum Gasteiger partial charge on any atom is 0.258 e. The Morgan fingerprint density at radius 1 is 1.05 bits per heavy atom. The molecule has 3 aromatic rings. The highest BCUT2D eigenvalue weighted by atomic mass is 16.1. The summed E-state index contributed by atoms with van der Waals surface area (Å²) in [4.78, 5) is 30.8. The molecule has 1 N–H and O–H groups in total. The van der Waals surface area contributed by atoms with E-state index in [1.165, 1.54) is 16.7 Å². The standard InChI is InChI=1S/C33H35N5O2/c1-23-19-37(13-12-36(23)2)20-25-8-9-26-15-28(16-27(26)14-25)31-17-30(10-11-32(31)39)35-33(40)29-18-34-38(22-29)21-24-6-4-3-5-7-24/h3-10,14,16-18,22-23H,11-13,15,19-21H2,1-2H3,(H,35,40). The van der Waals surface area contributed by atoms with Crippen molar-refractivity contribution in [2.45, 2.75) is 38.9 Å². The van der Waals surface area contributed by atoms with E-state index in [9.17, 15) is 9.59 Å². The SMILES string of the molecule is CC1CN(Cc2ccc3c(c2)C=C(C2=CC(NC(=O)c4cnn(Cc5ccccc5)c4)=CCC2=O)C3)CCN1C. The zero-order valence-corrected chi connectivity index (χ0v) is 23.1. The Hall–Kier alpha value is -4.07. The molecule has 1 aliphatic heterocycles. The number of Topliss-reactive ketones (excluding diaryl/α,β-unsaturated/α-hetero) is 1. The van der Waals surface area contributed by atoms with Gasteiger partial charge in [0.2, 0.25) is 0 Å². The number of hydrogen-bond acceptors (Lipinski definition) is 5. The second-order valence-electron chi connectivity index (χ2n) is 11.2. The summed E-state index contributed by atoms with van der Waals surface area (Å²) in [7, 11) is 2.19. The van der Waals surface area contributed by atoms with Crippen molar-refractivity contribution in [3.63, 3.8) is 0 Å². The van der Waals surface area contributed by atoms with Crippen molar-refractivity contribution < 1.29 is 9.59 Å². The van der Waals surface area contributed by atoms with Gasteiger partial charge in [0.15, 0.2) is 5.78 Å². The van der Waals surface area contributed by atoms with E-state index >= 15 is 0 Å². The van der Waals surface area contributed by atoms with Gasteiger partial charge in [0.25, 0.3) is 5.91 Å². The fraction of sp³-hybridized carbons (Fsp3) is 0.303. The highest BCUT2D eigenvalue weighted by molar-refractivity contribution is 6.04. The van der Waals surface area contributed by atoms with Gasteiger partial charge in [0.05, 0.1) is 18.3 Å². The number of nitrogens with zero attached hydrogens (tertiary/aromatic N) is 4. The molecule has 3 aliphatic rings. The van der Waals surface area contributed by atoms with Crippen LogP contribution < -0.4 is 5.32 Å². The van der Waals surface area contributed by atoms with Crippen LogP contribution >= 0.6 is 0 Å². The Bertz CT molecular complexity index is 1530. The van der Waals surface area contributed by atoms with Crippen LogP contribution in [0.25, 0.3) is 6.08 Å². The number of aromatic nitrogens is 2. The summed E-state index contributed by atoms with van der Waals surface area (Å²) in [5.41, 5.74) is 7.68. The van der Waals surface area contributed by atoms with E-state index in [4.69, 9.17) is 0 Å². The molecule has 2 heterocycles. The number of benzene rings is 2. The first-order chi connectivity index (χ1) is 19.4. The van der Waals surface area contributed by atoms with E-state index in [0.29, 0.717) is 29.4 Å². The number of fused-ring (bicyclic) bond motifs is 1. The Labute approximate surface area is 235 Å². The third kappa shape index (κ3) is 5.76. The van der Waals surface area contributed by atoms with E-state index in [0.717, 1.165) is 43.7 Å². The molecule has 0 radical (unpaired) electrons. The lowest BCUT2D eigenvalue weighted by Crippen LogP contribution is -2.49. The monoisotopic (exact) mass is 533 g/mol. The smallest absolute Gasteiger partial charge is 0.258 e. The molecule has 0 spiro atoms. The maximum absolute atomic E-state index is 13.0. The van der Waals surface area contributed by atoms with E-state index < -0.39 is 0 Å². The fourth-order valence-electron chi connectivity index (χ4n) is 5.69. The second kappa shape index (κ2) is 11.2. The molecular weight excluding hydrogens is 498 g/mol. The molecule has 1 aromatic heterocycles. The molecule has 1 saturated heterocycles. The van der Waals surface area contributed by atoms with Gasteiger partial charge in [-0.15, -0.1) is 0 Å². The van der Waals surface area contributed by atoms with Gasteiger partial charge in [-0.1, -0.05) is 60.7 Å². The lowest BCUT2D eigenvalue weighted by molar-refractivity contribution is -0.114. The molecular formula is C33H35N5O2. The van der Waals surface area contributed by atoms with Gasteiger partial charge in [0, 0.05) is 56.1 Å². The first-order valence-corrected chi connectivity index (χ1v) is 14.0. The number of nitrogens with one attached hydrogen (secondary N) is 1. The summed E-state index contributed by atoms with van der Waals surface area (Å²) in [6.07, 6.45) is 10.1. The van der Waals surface area contributed by atoms with Crippen molar-refractivity contribution in [1.82, 2.24) is 24.9 Å². The van der Waals surface area contributed by atoms with Crippen molar-refractivity contribution in [2.24, 2.45) is 0 Å². The van der Waals surface area contributed by atoms with Gasteiger partial charge < -0.3 is 10.2 Å². The zero-order valence-electron chi connectivity index (χ0n) is 23.1. The largest absolute Gasteiger partial charge is 0.322 e. The third-order valence-electron chi connectivity index (χ3n) is 8.17. The summed E-state index contributed by atoms with van der Waals surface area (Å²) < 4.78 is 1.75. The second-order valence-corrected chi connectivity index (χ2v) is 11.2. The van der Waals surface area contributed by atoms with Crippen LogP contribution in [0, 0.1) is 0 Å². The van der Waals surface area contributed by atoms with Crippen LogP contribution in [0.3, 0.4) is 0 Å². The Morgan fingerprint density at radius 3 is 2.73 bits per heavy atom. The van der Waals surface area contributed by atoms with Crippen molar-refractivity contribution in [2.75, 3.05) is 26.7 Å². The normalized spacial score (nSPS) is 19.6. The molecule has 2 aliphatic carbocycles. The molecule has 0 bridgehead atoms. The zero-order chi connectivity index (χ0) is 27.6. The molecule has 1 fully saturated rings. The molecule has 6 rings (SSSR count). The molecule has 0 saturated carbocycles. The first kappa shape index (κ1) is 26.2. The number of piperazine rings is 1. The van der Waals surface area contributed by atoms with Gasteiger partial charge in [-0.2, -0.15) is 5.10 Å². The number of allylic oxidation sites excluding steroid dienone is 4. The molecule has 40 heavy (non-hydrogen) atoms. The molecule has 1 atom stereocenters. The number of amides is 1. The van der Waals surface area contributed by atoms with Gasteiger partial charge in [0.1, 0.15) is 0 Å². The van der Waals surface area contributed by atoms with E-state index in [-0.39, 0.29) is 18.1 Å². The first-order valence-electron chi connectivity index (χ1n) is 14.0. The van der Waals surface area contributed by atoms with Crippen molar-refractivity contribution >= 4 is 17.8 Å². The highest BCUT2D eigenvalue weighted by Crippen LogP contribution is 2.33. The number of ketones is 1. The van der Waals surface area contributed by atoms with Crippen LogP contribution in [-0.4, -0.2) is 64.0 Å². The van der Waals surface area contributed by atoms with Crippen LogP contribution in [-0.2, 0) is 24.3 Å². The molecule has 7 nitrogen and oxygen atoms in total. The van der Waals surface area contributed by atoms with Crippen molar-refractivity contribution in [3.05, 3.63) is 118 Å². The minimum absolute atomic E-state index is 0.0828. The third-order valence-corrected chi connectivity index (χ3v) is 8.17. The lowest BCUT2D eigenvalue weighted by atomic mass is 9.93. The summed E-state index contributed by atoms with van der Waals surface area (Å²) >= 11 is 0. The van der Waals surface area contributed by atoms with Crippen LogP contribution in [0.2, 0.25) is 0 Å². The van der Waals surface area contributed by atoms with Gasteiger partial charge in [-0.25, -0.2) is 0 Å². The predicted octanol–water partition coefficient (Wildman–Crippen LogP) is 4.22. The molecule has 1 amide bonds. The molecule has 1 unspecified atom stereocenters. The Balaban J connectivity index is 1.12. The average molecular weight is 534 g/mol. The minimum atomic E-state index is -0.234. The summed E-state index contributed by atoms with van der Waals surface area (Å²) in [6.45, 7) is 7.06. The topological polar surface area (TPSA) is 70.5 Å². The summed E-state index contributed by atoms with van der Waals surface area (Å²) in [5, 5.41) is 7.31. The molecule has 7 heteroatoms. The Kier molecular flexibility index (Phi) is 7.32. The number of likely N-dealkylation sites (N-methyl/N-ethyl adjacent to an activating group) is 1. The van der Waals surface area contributed by atoms with E-state index in [1.54, 1.807) is 23.2 Å². The fourth-order valence-corrected chi connectivity index (χ4v) is 5.69. The van der Waals surface area contributed by atoms with Crippen LogP contribution in [0.1, 0.15) is 46.0 Å². The summed E-state index contributed by atoms with van der Waals surface area (Å²) in [6, 6.07) is 17.3.